The van der Waals surface area contributed by atoms with E-state index < -0.39 is 0 Å². The van der Waals surface area contributed by atoms with Crippen molar-refractivity contribution in [2.75, 3.05) is 23.3 Å². The minimum Gasteiger partial charge on any atom is -0.356 e. The van der Waals surface area contributed by atoms with Crippen molar-refractivity contribution in [1.82, 2.24) is 19.5 Å². The average molecular weight is 417 g/mol. The van der Waals surface area contributed by atoms with Crippen molar-refractivity contribution in [2.45, 2.75) is 12.8 Å². The molecule has 3 aromatic rings. The predicted octanol–water partition coefficient (Wildman–Crippen LogP) is 3.82. The first-order chi connectivity index (χ1) is 13.6. The van der Waals surface area contributed by atoms with Crippen molar-refractivity contribution in [3.8, 4) is 5.82 Å². The number of nitrogens with one attached hydrogen (secondary N) is 1. The lowest BCUT2D eigenvalue weighted by atomic mass is 9.96. The lowest BCUT2D eigenvalue weighted by Crippen LogP contribution is -2.38. The number of nitrogens with zero attached hydrogens (tertiary/aromatic N) is 5. The predicted molar refractivity (Wildman–Crippen MR) is 109 cm³/mol. The summed E-state index contributed by atoms with van der Waals surface area (Å²) in [5.41, 5.74) is 0.616. The lowest BCUT2D eigenvalue weighted by molar-refractivity contribution is -0.120. The zero-order valence-corrected chi connectivity index (χ0v) is 16.4. The topological polar surface area (TPSA) is 75.9 Å². The van der Waals surface area contributed by atoms with Crippen LogP contribution in [0.25, 0.3) is 5.82 Å². The second kappa shape index (κ2) is 8.16. The van der Waals surface area contributed by atoms with Crippen molar-refractivity contribution >= 4 is 40.6 Å². The van der Waals surface area contributed by atoms with Gasteiger partial charge in [0.1, 0.15) is 24.3 Å². The molecule has 0 aliphatic carbocycles. The molecule has 1 aliphatic heterocycles. The molecule has 28 heavy (non-hydrogen) atoms. The number of hydrogen-bond acceptors (Lipinski definition) is 5. The van der Waals surface area contributed by atoms with Crippen LogP contribution in [-0.2, 0) is 4.79 Å². The Morgan fingerprint density at radius 1 is 1.04 bits per heavy atom. The molecule has 1 amide bonds. The largest absolute Gasteiger partial charge is 0.356 e. The number of benzene rings is 1. The van der Waals surface area contributed by atoms with E-state index in [9.17, 15) is 4.79 Å². The van der Waals surface area contributed by atoms with E-state index >= 15 is 0 Å². The summed E-state index contributed by atoms with van der Waals surface area (Å²) in [5.74, 6) is 1.53. The van der Waals surface area contributed by atoms with Crippen LogP contribution in [0.4, 0.5) is 11.5 Å². The van der Waals surface area contributed by atoms with E-state index in [-0.39, 0.29) is 11.8 Å². The Bertz CT molecular complexity index is 950. The SMILES string of the molecule is O=C(Nc1cc(Cl)cc(Cl)c1)C1CCN(c2cc(-n3ccnc3)ncn2)CC1. The van der Waals surface area contributed by atoms with E-state index in [1.54, 1.807) is 37.1 Å². The van der Waals surface area contributed by atoms with Crippen molar-refractivity contribution in [1.29, 1.82) is 0 Å². The van der Waals surface area contributed by atoms with Crippen LogP contribution >= 0.6 is 23.2 Å². The highest BCUT2D eigenvalue weighted by atomic mass is 35.5. The molecule has 144 valence electrons. The molecule has 2 aromatic heterocycles. The Hall–Kier alpha value is -2.64. The van der Waals surface area contributed by atoms with Gasteiger partial charge in [-0.25, -0.2) is 15.0 Å². The summed E-state index contributed by atoms with van der Waals surface area (Å²) in [5, 5.41) is 3.90. The maximum atomic E-state index is 12.6. The quantitative estimate of drug-likeness (QED) is 0.699. The van der Waals surface area contributed by atoms with Crippen molar-refractivity contribution in [3.05, 3.63) is 59.4 Å². The van der Waals surface area contributed by atoms with Gasteiger partial charge in [-0.15, -0.1) is 0 Å². The molecule has 9 heteroatoms. The molecule has 4 rings (SSSR count). The molecule has 1 aliphatic rings. The van der Waals surface area contributed by atoms with Crippen LogP contribution in [0.5, 0.6) is 0 Å². The molecule has 3 heterocycles. The molecule has 7 nitrogen and oxygen atoms in total. The van der Waals surface area contributed by atoms with E-state index in [4.69, 9.17) is 23.2 Å². The second-order valence-electron chi connectivity index (χ2n) is 6.61. The molecule has 0 unspecified atom stereocenters. The molecule has 0 atom stereocenters. The third kappa shape index (κ3) is 4.26. The van der Waals surface area contributed by atoms with E-state index in [0.29, 0.717) is 15.7 Å². The maximum Gasteiger partial charge on any atom is 0.227 e. The Labute approximate surface area is 172 Å². The van der Waals surface area contributed by atoms with Crippen LogP contribution < -0.4 is 10.2 Å². The third-order valence-electron chi connectivity index (χ3n) is 4.73. The third-order valence-corrected chi connectivity index (χ3v) is 5.16. The zero-order valence-electron chi connectivity index (χ0n) is 14.9. The van der Waals surface area contributed by atoms with Crippen LogP contribution in [0.1, 0.15) is 12.8 Å². The summed E-state index contributed by atoms with van der Waals surface area (Å²) in [6.07, 6.45) is 8.27. The fourth-order valence-electron chi connectivity index (χ4n) is 3.29. The number of rotatable bonds is 4. The lowest BCUT2D eigenvalue weighted by Gasteiger charge is -2.32. The van der Waals surface area contributed by atoms with E-state index in [1.807, 2.05) is 16.8 Å². The first kappa shape index (κ1) is 18.7. The second-order valence-corrected chi connectivity index (χ2v) is 7.49. The molecule has 0 bridgehead atoms. The van der Waals surface area contributed by atoms with Gasteiger partial charge < -0.3 is 10.2 Å². The number of hydrogen-bond donors (Lipinski definition) is 1. The zero-order chi connectivity index (χ0) is 19.5. The highest BCUT2D eigenvalue weighted by molar-refractivity contribution is 6.35. The number of anilines is 2. The molecule has 0 radical (unpaired) electrons. The Kier molecular flexibility index (Phi) is 5.45. The monoisotopic (exact) mass is 416 g/mol. The van der Waals surface area contributed by atoms with Crippen LogP contribution in [0.15, 0.2) is 49.3 Å². The fraction of sp³-hybridized carbons (Fsp3) is 0.263. The molecule has 0 saturated carbocycles. The number of aromatic nitrogens is 4. The van der Waals surface area contributed by atoms with Gasteiger partial charge >= 0.3 is 0 Å². The van der Waals surface area contributed by atoms with Gasteiger partial charge in [-0.1, -0.05) is 23.2 Å². The number of carbonyl (C=O) groups excluding carboxylic acids is 1. The minimum absolute atomic E-state index is 0.0141. The summed E-state index contributed by atoms with van der Waals surface area (Å²) in [4.78, 5) is 27.5. The molecule has 1 N–H and O–H groups in total. The van der Waals surface area contributed by atoms with Crippen molar-refractivity contribution in [3.63, 3.8) is 0 Å². The molecule has 1 aromatic carbocycles. The van der Waals surface area contributed by atoms with Gasteiger partial charge in [-0.05, 0) is 31.0 Å². The van der Waals surface area contributed by atoms with Gasteiger partial charge in [-0.3, -0.25) is 9.36 Å². The molecule has 0 spiro atoms. The molecular weight excluding hydrogens is 399 g/mol. The molecular formula is C19H18Cl2N6O. The standard InChI is InChI=1S/C19H18Cl2N6O/c20-14-7-15(21)9-16(8-14)25-19(28)13-1-4-26(5-2-13)17-10-18(24-11-23-17)27-6-3-22-12-27/h3,6-13H,1-2,4-5H2,(H,25,28). The Balaban J connectivity index is 1.38. The minimum atomic E-state index is -0.0658. The number of piperidine rings is 1. The van der Waals surface area contributed by atoms with Gasteiger partial charge in [0.05, 0.1) is 0 Å². The summed E-state index contributed by atoms with van der Waals surface area (Å²) in [6.45, 7) is 1.49. The first-order valence-corrected chi connectivity index (χ1v) is 9.66. The molecule has 1 fully saturated rings. The maximum absolute atomic E-state index is 12.6. The highest BCUT2D eigenvalue weighted by Gasteiger charge is 2.26. The number of imidazole rings is 1. The van der Waals surface area contributed by atoms with Crippen LogP contribution in [0.3, 0.4) is 0 Å². The fourth-order valence-corrected chi connectivity index (χ4v) is 3.81. The van der Waals surface area contributed by atoms with Crippen LogP contribution in [0.2, 0.25) is 10.0 Å². The Morgan fingerprint density at radius 2 is 1.75 bits per heavy atom. The van der Waals surface area contributed by atoms with Gasteiger partial charge in [0.15, 0.2) is 0 Å². The normalized spacial score (nSPS) is 14.9. The van der Waals surface area contributed by atoms with Gasteiger partial charge in [0.25, 0.3) is 0 Å². The van der Waals surface area contributed by atoms with Crippen molar-refractivity contribution in [2.24, 2.45) is 5.92 Å². The average Bonchev–Trinajstić information content (AvgIpc) is 3.22. The summed E-state index contributed by atoms with van der Waals surface area (Å²) in [7, 11) is 0. The van der Waals surface area contributed by atoms with E-state index in [2.05, 4.69) is 25.2 Å². The number of amides is 1. The summed E-state index contributed by atoms with van der Waals surface area (Å²) in [6, 6.07) is 6.95. The van der Waals surface area contributed by atoms with Gasteiger partial charge in [0.2, 0.25) is 5.91 Å². The highest BCUT2D eigenvalue weighted by Crippen LogP contribution is 2.26. The van der Waals surface area contributed by atoms with Gasteiger partial charge in [-0.2, -0.15) is 0 Å². The Morgan fingerprint density at radius 3 is 2.43 bits per heavy atom. The van der Waals surface area contributed by atoms with Gasteiger partial charge in [0, 0.05) is 53.2 Å². The summed E-state index contributed by atoms with van der Waals surface area (Å²) >= 11 is 12.0. The van der Waals surface area contributed by atoms with E-state index in [0.717, 1.165) is 37.6 Å². The smallest absolute Gasteiger partial charge is 0.227 e. The number of carbonyl (C=O) groups is 1. The van der Waals surface area contributed by atoms with Crippen LogP contribution in [0, 0.1) is 5.92 Å². The molecule has 1 saturated heterocycles. The van der Waals surface area contributed by atoms with Crippen molar-refractivity contribution < 1.29 is 4.79 Å². The van der Waals surface area contributed by atoms with Crippen LogP contribution in [-0.4, -0.2) is 38.5 Å². The summed E-state index contributed by atoms with van der Waals surface area (Å²) < 4.78 is 1.83. The number of halogens is 2. The van der Waals surface area contributed by atoms with E-state index in [1.165, 1.54) is 0 Å². The first-order valence-electron chi connectivity index (χ1n) is 8.91.